The van der Waals surface area contributed by atoms with Gasteiger partial charge in [0.1, 0.15) is 5.82 Å². The van der Waals surface area contributed by atoms with Crippen LogP contribution in [0, 0.1) is 0 Å². The maximum atomic E-state index is 12.3. The van der Waals surface area contributed by atoms with Gasteiger partial charge >= 0.3 is 6.03 Å². The number of thioether (sulfide) groups is 1. The average molecular weight is 465 g/mol. The van der Waals surface area contributed by atoms with Gasteiger partial charge in [-0.15, -0.1) is 10.2 Å². The van der Waals surface area contributed by atoms with Crippen LogP contribution in [0.5, 0.6) is 0 Å². The van der Waals surface area contributed by atoms with Gasteiger partial charge in [-0.25, -0.2) is 4.79 Å². The zero-order valence-electron chi connectivity index (χ0n) is 18.1. The third-order valence-corrected chi connectivity index (χ3v) is 5.84. The molecule has 0 atom stereocenters. The van der Waals surface area contributed by atoms with Crippen molar-refractivity contribution < 1.29 is 14.4 Å². The van der Waals surface area contributed by atoms with Crippen molar-refractivity contribution in [2.45, 2.75) is 37.4 Å². The quantitative estimate of drug-likeness (QED) is 0.441. The molecule has 1 aliphatic rings. The van der Waals surface area contributed by atoms with E-state index in [1.807, 2.05) is 53.1 Å². The van der Waals surface area contributed by atoms with E-state index in [1.165, 1.54) is 18.7 Å². The standard InChI is InChI=1S/C23H24N6O3S/c1-15(30)25-18-8-5-9-19(12-18)29-21(17-10-11-17)27-28-23(29)33-14-20(31)26-22(32)24-13-16-6-3-2-4-7-16/h2-9,12,17H,10-11,13-14H2,1H3,(H,25,30)(H2,24,26,31,32). The number of hydrogen-bond donors (Lipinski definition) is 3. The fourth-order valence-corrected chi connectivity index (χ4v) is 4.02. The molecular weight excluding hydrogens is 440 g/mol. The number of nitrogens with one attached hydrogen (secondary N) is 3. The highest BCUT2D eigenvalue weighted by molar-refractivity contribution is 7.99. The first-order chi connectivity index (χ1) is 16.0. The van der Waals surface area contributed by atoms with Crippen LogP contribution in [-0.2, 0) is 16.1 Å². The summed E-state index contributed by atoms with van der Waals surface area (Å²) in [6, 6.07) is 16.3. The number of aromatic nitrogens is 3. The Kier molecular flexibility index (Phi) is 7.04. The fourth-order valence-electron chi connectivity index (χ4n) is 3.26. The Morgan fingerprint density at radius 2 is 1.85 bits per heavy atom. The van der Waals surface area contributed by atoms with Crippen molar-refractivity contribution in [2.24, 2.45) is 0 Å². The van der Waals surface area contributed by atoms with Gasteiger partial charge in [-0.2, -0.15) is 0 Å². The normalized spacial score (nSPS) is 12.8. The van der Waals surface area contributed by atoms with Gasteiger partial charge < -0.3 is 10.6 Å². The molecule has 3 N–H and O–H groups in total. The highest BCUT2D eigenvalue weighted by atomic mass is 32.2. The molecule has 4 rings (SSSR count). The van der Waals surface area contributed by atoms with Crippen LogP contribution < -0.4 is 16.0 Å². The summed E-state index contributed by atoms with van der Waals surface area (Å²) in [5.41, 5.74) is 2.41. The maximum Gasteiger partial charge on any atom is 0.321 e. The number of urea groups is 1. The molecule has 4 amide bonds. The van der Waals surface area contributed by atoms with Gasteiger partial charge in [0.05, 0.1) is 11.4 Å². The molecule has 0 radical (unpaired) electrons. The molecule has 0 saturated heterocycles. The Labute approximate surface area is 195 Å². The molecule has 10 heteroatoms. The molecule has 33 heavy (non-hydrogen) atoms. The minimum Gasteiger partial charge on any atom is -0.334 e. The second-order valence-electron chi connectivity index (χ2n) is 7.69. The Hall–Kier alpha value is -3.66. The molecule has 170 valence electrons. The van der Waals surface area contributed by atoms with Crippen LogP contribution in [-0.4, -0.2) is 38.4 Å². The van der Waals surface area contributed by atoms with Gasteiger partial charge in [0.15, 0.2) is 5.16 Å². The maximum absolute atomic E-state index is 12.3. The number of carbonyl (C=O) groups excluding carboxylic acids is 3. The summed E-state index contributed by atoms with van der Waals surface area (Å²) in [6.45, 7) is 1.79. The summed E-state index contributed by atoms with van der Waals surface area (Å²) in [5.74, 6) is 0.579. The molecule has 3 aromatic rings. The largest absolute Gasteiger partial charge is 0.334 e. The molecule has 1 heterocycles. The minimum absolute atomic E-state index is 0.00689. The third kappa shape index (κ3) is 6.19. The first kappa shape index (κ1) is 22.5. The van der Waals surface area contributed by atoms with E-state index in [9.17, 15) is 14.4 Å². The van der Waals surface area contributed by atoms with Crippen molar-refractivity contribution in [3.05, 3.63) is 66.0 Å². The van der Waals surface area contributed by atoms with Gasteiger partial charge in [0.2, 0.25) is 11.8 Å². The van der Waals surface area contributed by atoms with E-state index in [0.717, 1.165) is 29.9 Å². The van der Waals surface area contributed by atoms with E-state index in [0.29, 0.717) is 23.3 Å². The summed E-state index contributed by atoms with van der Waals surface area (Å²) in [5, 5.41) is 17.0. The predicted molar refractivity (Wildman–Crippen MR) is 125 cm³/mol. The van der Waals surface area contributed by atoms with Crippen LogP contribution >= 0.6 is 11.8 Å². The number of imide groups is 1. The summed E-state index contributed by atoms with van der Waals surface area (Å²) in [6.07, 6.45) is 2.08. The van der Waals surface area contributed by atoms with Gasteiger partial charge in [0.25, 0.3) is 0 Å². The van der Waals surface area contributed by atoms with E-state index in [4.69, 9.17) is 0 Å². The van der Waals surface area contributed by atoms with Crippen molar-refractivity contribution in [1.29, 1.82) is 0 Å². The lowest BCUT2D eigenvalue weighted by atomic mass is 10.2. The molecule has 0 spiro atoms. The molecule has 0 bridgehead atoms. The van der Waals surface area contributed by atoms with Crippen molar-refractivity contribution in [1.82, 2.24) is 25.4 Å². The third-order valence-electron chi connectivity index (χ3n) is 4.91. The van der Waals surface area contributed by atoms with Crippen LogP contribution in [0.15, 0.2) is 59.8 Å². The monoisotopic (exact) mass is 464 g/mol. The molecule has 0 aliphatic heterocycles. The molecule has 9 nitrogen and oxygen atoms in total. The summed E-state index contributed by atoms with van der Waals surface area (Å²) in [4.78, 5) is 35.8. The lowest BCUT2D eigenvalue weighted by Gasteiger charge is -2.12. The number of hydrogen-bond acceptors (Lipinski definition) is 6. The van der Waals surface area contributed by atoms with E-state index in [1.54, 1.807) is 6.07 Å². The molecule has 1 fully saturated rings. The van der Waals surface area contributed by atoms with Crippen LogP contribution in [0.4, 0.5) is 10.5 Å². The van der Waals surface area contributed by atoms with Crippen molar-refractivity contribution >= 4 is 35.3 Å². The van der Waals surface area contributed by atoms with Crippen molar-refractivity contribution in [3.63, 3.8) is 0 Å². The van der Waals surface area contributed by atoms with Crippen LogP contribution in [0.2, 0.25) is 0 Å². The van der Waals surface area contributed by atoms with Gasteiger partial charge in [-0.3, -0.25) is 19.5 Å². The number of anilines is 1. The highest BCUT2D eigenvalue weighted by Gasteiger charge is 2.31. The fraction of sp³-hybridized carbons (Fsp3) is 0.261. The first-order valence-corrected chi connectivity index (χ1v) is 11.6. The van der Waals surface area contributed by atoms with E-state index < -0.39 is 11.9 Å². The predicted octanol–water partition coefficient (Wildman–Crippen LogP) is 3.22. The summed E-state index contributed by atoms with van der Waals surface area (Å²) in [7, 11) is 0. The number of carbonyl (C=O) groups is 3. The summed E-state index contributed by atoms with van der Waals surface area (Å²) >= 11 is 1.20. The zero-order chi connectivity index (χ0) is 23.2. The molecule has 1 aliphatic carbocycles. The van der Waals surface area contributed by atoms with E-state index >= 15 is 0 Å². The molecular formula is C23H24N6O3S. The number of benzene rings is 2. The summed E-state index contributed by atoms with van der Waals surface area (Å²) < 4.78 is 1.91. The van der Waals surface area contributed by atoms with Crippen LogP contribution in [0.3, 0.4) is 0 Å². The second kappa shape index (κ2) is 10.3. The van der Waals surface area contributed by atoms with Crippen LogP contribution in [0.25, 0.3) is 5.69 Å². The second-order valence-corrected chi connectivity index (χ2v) is 8.63. The van der Waals surface area contributed by atoms with E-state index in [2.05, 4.69) is 26.1 Å². The minimum atomic E-state index is -0.549. The first-order valence-electron chi connectivity index (χ1n) is 10.6. The highest BCUT2D eigenvalue weighted by Crippen LogP contribution is 2.41. The van der Waals surface area contributed by atoms with Gasteiger partial charge in [0, 0.05) is 25.1 Å². The van der Waals surface area contributed by atoms with Gasteiger partial charge in [-0.05, 0) is 36.6 Å². The molecule has 1 saturated carbocycles. The SMILES string of the molecule is CC(=O)Nc1cccc(-n2c(SCC(=O)NC(=O)NCc3ccccc3)nnc2C2CC2)c1. The number of rotatable bonds is 8. The molecule has 2 aromatic carbocycles. The van der Waals surface area contributed by atoms with E-state index in [-0.39, 0.29) is 11.7 Å². The Bertz CT molecular complexity index is 1160. The van der Waals surface area contributed by atoms with Crippen molar-refractivity contribution in [2.75, 3.05) is 11.1 Å². The zero-order valence-corrected chi connectivity index (χ0v) is 18.9. The van der Waals surface area contributed by atoms with Crippen LogP contribution in [0.1, 0.15) is 37.1 Å². The number of nitrogens with zero attached hydrogens (tertiary/aromatic N) is 3. The molecule has 1 aromatic heterocycles. The smallest absolute Gasteiger partial charge is 0.321 e. The van der Waals surface area contributed by atoms with Gasteiger partial charge in [-0.1, -0.05) is 48.2 Å². The lowest BCUT2D eigenvalue weighted by Crippen LogP contribution is -2.40. The topological polar surface area (TPSA) is 118 Å². The lowest BCUT2D eigenvalue weighted by molar-refractivity contribution is -0.117. The van der Waals surface area contributed by atoms with Crippen molar-refractivity contribution in [3.8, 4) is 5.69 Å². The molecule has 0 unspecified atom stereocenters. The Morgan fingerprint density at radius 1 is 1.06 bits per heavy atom. The number of amides is 4. The Balaban J connectivity index is 1.40. The Morgan fingerprint density at radius 3 is 2.58 bits per heavy atom. The average Bonchev–Trinajstić information content (AvgIpc) is 3.56.